The number of aromatic nitrogens is 3. The van der Waals surface area contributed by atoms with Crippen LogP contribution >= 0.6 is 0 Å². The molecule has 2 aromatic rings. The third-order valence-corrected chi connectivity index (χ3v) is 4.03. The van der Waals surface area contributed by atoms with Crippen LogP contribution in [-0.2, 0) is 17.9 Å². The summed E-state index contributed by atoms with van der Waals surface area (Å²) in [5.74, 6) is 0.960. The van der Waals surface area contributed by atoms with Gasteiger partial charge in [0.25, 0.3) is 0 Å². The van der Waals surface area contributed by atoms with Crippen LogP contribution in [0.4, 0.5) is 0 Å². The minimum Gasteiger partial charge on any atom is -0.492 e. The first-order valence-electron chi connectivity index (χ1n) is 8.11. The van der Waals surface area contributed by atoms with E-state index in [1.807, 2.05) is 33.8 Å². The predicted molar refractivity (Wildman–Crippen MR) is 87.6 cm³/mol. The number of carbonyl (C=O) groups is 1. The molecule has 1 unspecified atom stereocenters. The van der Waals surface area contributed by atoms with Crippen molar-refractivity contribution in [2.75, 3.05) is 13.2 Å². The number of para-hydroxylation sites is 1. The molecule has 0 saturated heterocycles. The zero-order valence-corrected chi connectivity index (χ0v) is 13.9. The fourth-order valence-corrected chi connectivity index (χ4v) is 2.99. The summed E-state index contributed by atoms with van der Waals surface area (Å²) in [5, 5.41) is 14.0. The van der Waals surface area contributed by atoms with Crippen molar-refractivity contribution in [1.29, 1.82) is 0 Å². The van der Waals surface area contributed by atoms with Gasteiger partial charge in [-0.05, 0) is 12.0 Å². The second kappa shape index (κ2) is 7.00. The number of ether oxygens (including phenoxy) is 1. The summed E-state index contributed by atoms with van der Waals surface area (Å²) in [7, 11) is 0. The zero-order valence-electron chi connectivity index (χ0n) is 13.9. The largest absolute Gasteiger partial charge is 0.492 e. The summed E-state index contributed by atoms with van der Waals surface area (Å²) >= 11 is 0. The number of benzene rings is 1. The molecule has 0 aliphatic carbocycles. The molecule has 1 atom stereocenters. The van der Waals surface area contributed by atoms with E-state index in [2.05, 4.69) is 23.9 Å². The van der Waals surface area contributed by atoms with Crippen molar-refractivity contribution < 1.29 is 14.6 Å². The molecule has 24 heavy (non-hydrogen) atoms. The summed E-state index contributed by atoms with van der Waals surface area (Å²) in [4.78, 5) is 18.1. The average molecular weight is 330 g/mol. The summed E-state index contributed by atoms with van der Waals surface area (Å²) in [5.41, 5.74) is 0.678. The number of aliphatic carboxylic acids is 1. The maximum absolute atomic E-state index is 11.9. The SMILES string of the molecule is CC(C)Cn1ncnc1CN1CCOc2ccccc2C1C(=O)O. The molecule has 1 N–H and O–H groups in total. The van der Waals surface area contributed by atoms with Gasteiger partial charge < -0.3 is 9.84 Å². The molecular weight excluding hydrogens is 308 g/mol. The Morgan fingerprint density at radius 2 is 2.21 bits per heavy atom. The van der Waals surface area contributed by atoms with Gasteiger partial charge in [-0.2, -0.15) is 5.10 Å². The van der Waals surface area contributed by atoms with Gasteiger partial charge in [0.05, 0.1) is 6.54 Å². The molecular formula is C17H22N4O3. The smallest absolute Gasteiger partial charge is 0.325 e. The van der Waals surface area contributed by atoms with Crippen LogP contribution in [0.1, 0.15) is 31.3 Å². The number of carboxylic acids is 1. The maximum Gasteiger partial charge on any atom is 0.325 e. The Bertz CT molecular complexity index is 713. The first kappa shape index (κ1) is 16.4. The molecule has 0 amide bonds. The van der Waals surface area contributed by atoms with Crippen LogP contribution < -0.4 is 4.74 Å². The van der Waals surface area contributed by atoms with Gasteiger partial charge in [0.15, 0.2) is 0 Å². The predicted octanol–water partition coefficient (Wildman–Crippen LogP) is 1.95. The molecule has 128 valence electrons. The van der Waals surface area contributed by atoms with Crippen molar-refractivity contribution in [2.24, 2.45) is 5.92 Å². The van der Waals surface area contributed by atoms with Crippen LogP contribution in [-0.4, -0.2) is 43.9 Å². The third kappa shape index (κ3) is 3.41. The van der Waals surface area contributed by atoms with Crippen LogP contribution in [0.2, 0.25) is 0 Å². The van der Waals surface area contributed by atoms with Gasteiger partial charge in [0, 0.05) is 18.7 Å². The Morgan fingerprint density at radius 3 is 2.96 bits per heavy atom. The quantitative estimate of drug-likeness (QED) is 0.902. The van der Waals surface area contributed by atoms with Gasteiger partial charge in [0.2, 0.25) is 0 Å². The van der Waals surface area contributed by atoms with Crippen molar-refractivity contribution in [3.63, 3.8) is 0 Å². The summed E-state index contributed by atoms with van der Waals surface area (Å²) in [6, 6.07) is 6.56. The van der Waals surface area contributed by atoms with Gasteiger partial charge >= 0.3 is 5.97 Å². The highest BCUT2D eigenvalue weighted by Crippen LogP contribution is 2.32. The lowest BCUT2D eigenvalue weighted by atomic mass is 10.0. The van der Waals surface area contributed by atoms with Crippen LogP contribution in [0.25, 0.3) is 0 Å². The van der Waals surface area contributed by atoms with E-state index in [1.165, 1.54) is 6.33 Å². The van der Waals surface area contributed by atoms with Gasteiger partial charge in [-0.25, -0.2) is 9.67 Å². The highest BCUT2D eigenvalue weighted by Gasteiger charge is 2.33. The van der Waals surface area contributed by atoms with Crippen LogP contribution in [0.15, 0.2) is 30.6 Å². The van der Waals surface area contributed by atoms with Crippen molar-refractivity contribution in [1.82, 2.24) is 19.7 Å². The minimum atomic E-state index is -0.886. The molecule has 7 nitrogen and oxygen atoms in total. The molecule has 1 aromatic heterocycles. The van der Waals surface area contributed by atoms with Gasteiger partial charge in [-0.1, -0.05) is 32.0 Å². The Balaban J connectivity index is 1.89. The standard InChI is InChI=1S/C17H22N4O3/c1-12(2)9-21-15(18-11-19-21)10-20-7-8-24-14-6-4-3-5-13(14)16(20)17(22)23/h3-6,11-12,16H,7-10H2,1-2H3,(H,22,23). The van der Waals surface area contributed by atoms with E-state index in [1.54, 1.807) is 0 Å². The lowest BCUT2D eigenvalue weighted by Crippen LogP contribution is -2.35. The molecule has 0 radical (unpaired) electrons. The van der Waals surface area contributed by atoms with Crippen LogP contribution in [0.3, 0.4) is 0 Å². The molecule has 1 aromatic carbocycles. The van der Waals surface area contributed by atoms with E-state index >= 15 is 0 Å². The number of hydrogen-bond acceptors (Lipinski definition) is 5. The highest BCUT2D eigenvalue weighted by atomic mass is 16.5. The highest BCUT2D eigenvalue weighted by molar-refractivity contribution is 5.76. The van der Waals surface area contributed by atoms with Crippen molar-refractivity contribution >= 4 is 5.97 Å². The Morgan fingerprint density at radius 1 is 1.42 bits per heavy atom. The van der Waals surface area contributed by atoms with Crippen LogP contribution in [0, 0.1) is 5.92 Å². The second-order valence-corrected chi connectivity index (χ2v) is 6.35. The second-order valence-electron chi connectivity index (χ2n) is 6.35. The Kier molecular flexibility index (Phi) is 4.80. The van der Waals surface area contributed by atoms with E-state index in [4.69, 9.17) is 4.74 Å². The minimum absolute atomic E-state index is 0.418. The number of fused-ring (bicyclic) bond motifs is 1. The molecule has 7 heteroatoms. The maximum atomic E-state index is 11.9. The molecule has 2 heterocycles. The van der Waals surface area contributed by atoms with E-state index < -0.39 is 12.0 Å². The topological polar surface area (TPSA) is 80.5 Å². The van der Waals surface area contributed by atoms with Gasteiger partial charge in [-0.15, -0.1) is 0 Å². The normalized spacial score (nSPS) is 18.0. The molecule has 0 saturated carbocycles. The molecule has 1 aliphatic rings. The lowest BCUT2D eigenvalue weighted by Gasteiger charge is -2.26. The fraction of sp³-hybridized carbons (Fsp3) is 0.471. The Labute approximate surface area is 140 Å². The lowest BCUT2D eigenvalue weighted by molar-refractivity contribution is -0.143. The van der Waals surface area contributed by atoms with Gasteiger partial charge in [-0.3, -0.25) is 9.69 Å². The van der Waals surface area contributed by atoms with Gasteiger partial charge in [0.1, 0.15) is 30.5 Å². The average Bonchev–Trinajstić information content (AvgIpc) is 2.85. The number of carboxylic acid groups (broad SMARTS) is 1. The van der Waals surface area contributed by atoms with Crippen molar-refractivity contribution in [3.05, 3.63) is 42.0 Å². The van der Waals surface area contributed by atoms with E-state index in [9.17, 15) is 9.90 Å². The zero-order chi connectivity index (χ0) is 17.1. The van der Waals surface area contributed by atoms with E-state index in [0.717, 1.165) is 12.4 Å². The fourth-order valence-electron chi connectivity index (χ4n) is 2.99. The Hall–Kier alpha value is -2.41. The molecule has 0 fully saturated rings. The third-order valence-electron chi connectivity index (χ3n) is 4.03. The summed E-state index contributed by atoms with van der Waals surface area (Å²) in [6.07, 6.45) is 1.52. The molecule has 1 aliphatic heterocycles. The first-order chi connectivity index (χ1) is 11.6. The molecule has 3 rings (SSSR count). The number of nitrogens with zero attached hydrogens (tertiary/aromatic N) is 4. The van der Waals surface area contributed by atoms with Crippen molar-refractivity contribution in [3.8, 4) is 5.75 Å². The van der Waals surface area contributed by atoms with Crippen molar-refractivity contribution in [2.45, 2.75) is 33.0 Å². The van der Waals surface area contributed by atoms with E-state index in [-0.39, 0.29) is 0 Å². The first-order valence-corrected chi connectivity index (χ1v) is 8.11. The van der Waals surface area contributed by atoms with Crippen LogP contribution in [0.5, 0.6) is 5.75 Å². The molecule has 0 bridgehead atoms. The monoisotopic (exact) mass is 330 g/mol. The number of rotatable bonds is 5. The van der Waals surface area contributed by atoms with E-state index in [0.29, 0.717) is 36.9 Å². The summed E-state index contributed by atoms with van der Waals surface area (Å²) in [6.45, 7) is 6.36. The molecule has 0 spiro atoms. The number of hydrogen-bond donors (Lipinski definition) is 1. The summed E-state index contributed by atoms with van der Waals surface area (Å²) < 4.78 is 7.57.